The normalized spacial score (nSPS) is 32.3. The molecule has 2 aliphatic rings. The lowest BCUT2D eigenvalue weighted by Gasteiger charge is -2.40. The lowest BCUT2D eigenvalue weighted by Crippen LogP contribution is -2.47. The summed E-state index contributed by atoms with van der Waals surface area (Å²) in [7, 11) is 1.82. The lowest BCUT2D eigenvalue weighted by atomic mass is 9.89. The van der Waals surface area contributed by atoms with Gasteiger partial charge in [0.2, 0.25) is 0 Å². The topological polar surface area (TPSA) is 38.5 Å². The molecule has 2 atom stereocenters. The highest BCUT2D eigenvalue weighted by molar-refractivity contribution is 4.85. The van der Waals surface area contributed by atoms with E-state index in [4.69, 9.17) is 10.5 Å². The van der Waals surface area contributed by atoms with E-state index in [1.54, 1.807) is 0 Å². The van der Waals surface area contributed by atoms with Crippen LogP contribution in [0.4, 0.5) is 0 Å². The van der Waals surface area contributed by atoms with Crippen molar-refractivity contribution in [2.75, 3.05) is 33.4 Å². The first kappa shape index (κ1) is 14.3. The van der Waals surface area contributed by atoms with Gasteiger partial charge < -0.3 is 15.4 Å². The summed E-state index contributed by atoms with van der Waals surface area (Å²) in [6, 6.07) is 0.765. The zero-order chi connectivity index (χ0) is 12.8. The molecule has 2 rings (SSSR count). The van der Waals surface area contributed by atoms with Gasteiger partial charge in [0.15, 0.2) is 0 Å². The van der Waals surface area contributed by atoms with Gasteiger partial charge in [-0.15, -0.1) is 0 Å². The van der Waals surface area contributed by atoms with Crippen molar-refractivity contribution < 1.29 is 4.74 Å². The van der Waals surface area contributed by atoms with Crippen LogP contribution in [-0.2, 0) is 4.74 Å². The minimum Gasteiger partial charge on any atom is -0.384 e. The zero-order valence-corrected chi connectivity index (χ0v) is 11.9. The van der Waals surface area contributed by atoms with Crippen LogP contribution in [0.15, 0.2) is 0 Å². The Morgan fingerprint density at radius 3 is 2.44 bits per heavy atom. The Labute approximate surface area is 112 Å². The number of hydrogen-bond donors (Lipinski definition) is 1. The number of likely N-dealkylation sites (tertiary alicyclic amines) is 1. The van der Waals surface area contributed by atoms with E-state index in [0.717, 1.165) is 31.0 Å². The summed E-state index contributed by atoms with van der Waals surface area (Å²) >= 11 is 0. The summed E-state index contributed by atoms with van der Waals surface area (Å²) in [5.74, 6) is 1.53. The molecule has 2 unspecified atom stereocenters. The molecule has 3 heteroatoms. The molecule has 0 bridgehead atoms. The Bertz CT molecular complexity index is 227. The molecule has 18 heavy (non-hydrogen) atoms. The van der Waals surface area contributed by atoms with Crippen LogP contribution in [0.2, 0.25) is 0 Å². The predicted molar refractivity (Wildman–Crippen MR) is 75.6 cm³/mol. The van der Waals surface area contributed by atoms with Gasteiger partial charge in [-0.2, -0.15) is 0 Å². The van der Waals surface area contributed by atoms with Crippen molar-refractivity contribution in [3.05, 3.63) is 0 Å². The highest BCUT2D eigenvalue weighted by Crippen LogP contribution is 2.30. The number of ether oxygens (including phenoxy) is 1. The third-order valence-corrected chi connectivity index (χ3v) is 4.94. The number of nitrogens with zero attached hydrogens (tertiary/aromatic N) is 1. The molecule has 2 fully saturated rings. The molecule has 0 spiro atoms. The van der Waals surface area contributed by atoms with Crippen LogP contribution in [-0.4, -0.2) is 44.3 Å². The number of piperidine rings is 1. The van der Waals surface area contributed by atoms with E-state index in [9.17, 15) is 0 Å². The standard InChI is InChI=1S/C15H30N2O/c1-18-12-13-7-9-17(10-8-13)15-6-4-2-3-5-14(15)11-16/h13-15H,2-12,16H2,1H3. The van der Waals surface area contributed by atoms with Crippen LogP contribution in [0.3, 0.4) is 0 Å². The van der Waals surface area contributed by atoms with Gasteiger partial charge in [-0.25, -0.2) is 0 Å². The van der Waals surface area contributed by atoms with Gasteiger partial charge in [-0.1, -0.05) is 19.3 Å². The van der Waals surface area contributed by atoms with Crippen LogP contribution >= 0.6 is 0 Å². The maximum Gasteiger partial charge on any atom is 0.0491 e. The fourth-order valence-corrected chi connectivity index (χ4v) is 3.81. The second-order valence-corrected chi connectivity index (χ2v) is 6.14. The molecule has 106 valence electrons. The molecule has 1 saturated heterocycles. The summed E-state index contributed by atoms with van der Waals surface area (Å²) in [6.45, 7) is 4.34. The van der Waals surface area contributed by atoms with Crippen molar-refractivity contribution in [1.29, 1.82) is 0 Å². The highest BCUT2D eigenvalue weighted by Gasteiger charge is 2.30. The highest BCUT2D eigenvalue weighted by atomic mass is 16.5. The fraction of sp³-hybridized carbons (Fsp3) is 1.00. The minimum atomic E-state index is 0.742. The number of nitrogens with two attached hydrogens (primary N) is 1. The van der Waals surface area contributed by atoms with Crippen LogP contribution < -0.4 is 5.73 Å². The van der Waals surface area contributed by atoms with E-state index in [-0.39, 0.29) is 0 Å². The van der Waals surface area contributed by atoms with E-state index in [0.29, 0.717) is 0 Å². The van der Waals surface area contributed by atoms with Crippen molar-refractivity contribution in [3.63, 3.8) is 0 Å². The van der Waals surface area contributed by atoms with Gasteiger partial charge in [-0.05, 0) is 57.2 Å². The van der Waals surface area contributed by atoms with Crippen LogP contribution in [0, 0.1) is 11.8 Å². The predicted octanol–water partition coefficient (Wildman–Crippen LogP) is 2.25. The van der Waals surface area contributed by atoms with Crippen molar-refractivity contribution in [2.24, 2.45) is 17.6 Å². The maximum atomic E-state index is 6.00. The molecule has 0 aromatic heterocycles. The molecule has 2 N–H and O–H groups in total. The molecule has 0 radical (unpaired) electrons. The monoisotopic (exact) mass is 254 g/mol. The Hall–Kier alpha value is -0.120. The van der Waals surface area contributed by atoms with Gasteiger partial charge in [-0.3, -0.25) is 0 Å². The van der Waals surface area contributed by atoms with Crippen molar-refractivity contribution in [3.8, 4) is 0 Å². The van der Waals surface area contributed by atoms with Crippen molar-refractivity contribution >= 4 is 0 Å². The number of methoxy groups -OCH3 is 1. The minimum absolute atomic E-state index is 0.742. The Kier molecular flexibility index (Phi) is 5.93. The van der Waals surface area contributed by atoms with Gasteiger partial charge >= 0.3 is 0 Å². The lowest BCUT2D eigenvalue weighted by molar-refractivity contribution is 0.0596. The van der Waals surface area contributed by atoms with E-state index >= 15 is 0 Å². The smallest absolute Gasteiger partial charge is 0.0491 e. The average Bonchev–Trinajstić information content (AvgIpc) is 2.65. The number of rotatable bonds is 4. The SMILES string of the molecule is COCC1CCN(C2CCCCCC2CN)CC1. The maximum absolute atomic E-state index is 6.00. The quantitative estimate of drug-likeness (QED) is 0.782. The molecule has 0 aromatic rings. The largest absolute Gasteiger partial charge is 0.384 e. The van der Waals surface area contributed by atoms with E-state index in [1.165, 1.54) is 58.0 Å². The molecule has 1 heterocycles. The van der Waals surface area contributed by atoms with Gasteiger partial charge in [0.25, 0.3) is 0 Å². The molecule has 0 amide bonds. The second-order valence-electron chi connectivity index (χ2n) is 6.14. The van der Waals surface area contributed by atoms with Gasteiger partial charge in [0, 0.05) is 19.8 Å². The van der Waals surface area contributed by atoms with Gasteiger partial charge in [0.05, 0.1) is 0 Å². The molecule has 1 aliphatic heterocycles. The molecule has 3 nitrogen and oxygen atoms in total. The molecule has 1 saturated carbocycles. The summed E-state index contributed by atoms with van der Waals surface area (Å²) in [4.78, 5) is 2.73. The molecular weight excluding hydrogens is 224 g/mol. The average molecular weight is 254 g/mol. The Morgan fingerprint density at radius 1 is 1.06 bits per heavy atom. The third-order valence-electron chi connectivity index (χ3n) is 4.94. The summed E-state index contributed by atoms with van der Waals surface area (Å²) in [6.07, 6.45) is 9.53. The second kappa shape index (κ2) is 7.46. The fourth-order valence-electron chi connectivity index (χ4n) is 3.81. The molecule has 0 aromatic carbocycles. The summed E-state index contributed by atoms with van der Waals surface area (Å²) in [5, 5.41) is 0. The zero-order valence-electron chi connectivity index (χ0n) is 11.9. The molecule has 1 aliphatic carbocycles. The van der Waals surface area contributed by atoms with E-state index in [2.05, 4.69) is 4.90 Å². The van der Waals surface area contributed by atoms with E-state index in [1.807, 2.05) is 7.11 Å². The third kappa shape index (κ3) is 3.69. The van der Waals surface area contributed by atoms with Crippen molar-refractivity contribution in [1.82, 2.24) is 4.90 Å². The summed E-state index contributed by atoms with van der Waals surface area (Å²) < 4.78 is 5.29. The Morgan fingerprint density at radius 2 is 1.78 bits per heavy atom. The number of hydrogen-bond acceptors (Lipinski definition) is 3. The van der Waals surface area contributed by atoms with Crippen LogP contribution in [0.5, 0.6) is 0 Å². The van der Waals surface area contributed by atoms with Crippen molar-refractivity contribution in [2.45, 2.75) is 51.0 Å². The molecular formula is C15H30N2O. The van der Waals surface area contributed by atoms with Gasteiger partial charge in [0.1, 0.15) is 0 Å². The van der Waals surface area contributed by atoms with Crippen LogP contribution in [0.1, 0.15) is 44.9 Å². The summed E-state index contributed by atoms with van der Waals surface area (Å²) in [5.41, 5.74) is 6.00. The van der Waals surface area contributed by atoms with Crippen LogP contribution in [0.25, 0.3) is 0 Å². The van der Waals surface area contributed by atoms with E-state index < -0.39 is 0 Å². The first-order chi connectivity index (χ1) is 8.85. The Balaban J connectivity index is 1.86. The first-order valence-electron chi connectivity index (χ1n) is 7.78. The first-order valence-corrected chi connectivity index (χ1v) is 7.78.